The van der Waals surface area contributed by atoms with Crippen molar-refractivity contribution >= 4 is 79.3 Å². The van der Waals surface area contributed by atoms with Crippen LogP contribution in [0.15, 0.2) is 77.0 Å². The molecule has 2 aliphatic rings. The van der Waals surface area contributed by atoms with Gasteiger partial charge in [0.2, 0.25) is 22.5 Å². The second kappa shape index (κ2) is 21.1. The van der Waals surface area contributed by atoms with Gasteiger partial charge in [-0.15, -0.1) is 6.42 Å². The Morgan fingerprint density at radius 3 is 2.43 bits per heavy atom. The number of carbonyl (C=O) groups is 3. The number of sulfonamides is 1. The minimum Gasteiger partial charge on any atom is -0.481 e. The van der Waals surface area contributed by atoms with Crippen molar-refractivity contribution in [3.8, 4) is 35.6 Å². The van der Waals surface area contributed by atoms with Crippen LogP contribution in [0.4, 0.5) is 39.7 Å². The van der Waals surface area contributed by atoms with E-state index in [-0.39, 0.29) is 41.9 Å². The Kier molecular flexibility index (Phi) is 15.5. The number of carboxylic acids is 1. The first-order chi connectivity index (χ1) is 32.6. The van der Waals surface area contributed by atoms with Crippen LogP contribution in [0.5, 0.6) is 23.3 Å². The molecule has 0 atom stereocenters. The van der Waals surface area contributed by atoms with E-state index in [1.54, 1.807) is 30.5 Å². The summed E-state index contributed by atoms with van der Waals surface area (Å²) in [5, 5.41) is 10.4. The van der Waals surface area contributed by atoms with Gasteiger partial charge in [0.25, 0.3) is 15.9 Å². The van der Waals surface area contributed by atoms with Gasteiger partial charge < -0.3 is 28.6 Å². The van der Waals surface area contributed by atoms with E-state index in [4.69, 9.17) is 42.1 Å². The van der Waals surface area contributed by atoms with Crippen molar-refractivity contribution in [2.45, 2.75) is 38.0 Å². The second-order valence-corrected chi connectivity index (χ2v) is 17.7. The zero-order chi connectivity index (χ0) is 50.3. The first-order valence-corrected chi connectivity index (χ1v) is 22.3. The second-order valence-electron chi connectivity index (χ2n) is 15.0. The van der Waals surface area contributed by atoms with Crippen LogP contribution in [0.25, 0.3) is 10.9 Å². The maximum absolute atomic E-state index is 14.5. The fourth-order valence-electron chi connectivity index (χ4n) is 6.40. The number of carboxylic acid groups (broad SMARTS) is 1. The zero-order valence-corrected chi connectivity index (χ0v) is 38.8. The van der Waals surface area contributed by atoms with E-state index in [1.165, 1.54) is 53.6 Å². The molecule has 2 aromatic carbocycles. The molecular formula is C42H37ClF4N10O10S2. The summed E-state index contributed by atoms with van der Waals surface area (Å²) in [6.07, 6.45) is 3.68. The van der Waals surface area contributed by atoms with Crippen LogP contribution in [0.3, 0.4) is 0 Å². The van der Waals surface area contributed by atoms with Crippen LogP contribution >= 0.6 is 23.1 Å². The van der Waals surface area contributed by atoms with E-state index in [0.717, 1.165) is 36.4 Å². The van der Waals surface area contributed by atoms with Crippen molar-refractivity contribution < 1.29 is 64.4 Å². The lowest BCUT2D eigenvalue weighted by molar-refractivity contribution is -0.140. The highest BCUT2D eigenvalue weighted by atomic mass is 35.5. The number of rotatable bonds is 10. The number of nitrogens with zero attached hydrogens (tertiary/aromatic N) is 8. The number of pyridine rings is 2. The number of aromatic nitrogens is 6. The molecule has 0 unspecified atom stereocenters. The number of benzene rings is 2. The van der Waals surface area contributed by atoms with Crippen LogP contribution in [0.1, 0.15) is 25.2 Å². The standard InChI is InChI=1S/C18H17FN4O2S.C13H12F3N5O5S.C11H8ClNO3/c1-4-5-22-13-7-12(11(19)6-14(13)25-9-16(22)24)20-17-23-10-18(2,3)8-15(23)21-26-17;1-25-8-6-9(26-2)19-11(18-8)20-12(22)21-27(23,24)10-7(13(14,15)16)4-3-5-17-10;12-8-3-4-9(16-6-10(14)15)11-7(8)2-1-5-13-11/h1,6-7H,5,8-10H2,2-3H3;3-6H,1-2H3,(H2,18,19,20,21,22);1-5H,6H2,(H,14,15)/b20-17-;;. The van der Waals surface area contributed by atoms with E-state index in [1.807, 2.05) is 9.88 Å². The minimum absolute atomic E-state index is 0.0101. The first-order valence-electron chi connectivity index (χ1n) is 19.6. The summed E-state index contributed by atoms with van der Waals surface area (Å²) in [5.41, 5.74) is -0.279. The van der Waals surface area contributed by atoms with Gasteiger partial charge in [0.1, 0.15) is 28.5 Å². The molecule has 20 nitrogen and oxygen atoms in total. The normalized spacial score (nSPS) is 13.8. The number of methoxy groups -OCH3 is 2. The number of urea groups is 1. The Morgan fingerprint density at radius 1 is 1.07 bits per heavy atom. The third-order valence-corrected chi connectivity index (χ3v) is 11.7. The summed E-state index contributed by atoms with van der Waals surface area (Å²) in [6.45, 7) is 4.66. The van der Waals surface area contributed by atoms with Gasteiger partial charge in [0.15, 0.2) is 24.1 Å². The topological polar surface area (TPSA) is 252 Å². The third kappa shape index (κ3) is 12.5. The summed E-state index contributed by atoms with van der Waals surface area (Å²) in [7, 11) is -2.39. The van der Waals surface area contributed by atoms with Gasteiger partial charge in [0.05, 0.1) is 43.1 Å². The number of ether oxygens (including phenoxy) is 4. The van der Waals surface area contributed by atoms with Crippen molar-refractivity contribution in [1.29, 1.82) is 0 Å². The number of amides is 3. The number of nitrogens with one attached hydrogen (secondary N) is 2. The maximum Gasteiger partial charge on any atom is 0.419 e. The summed E-state index contributed by atoms with van der Waals surface area (Å²) < 4.78 is 106. The number of carbonyl (C=O) groups excluding carboxylic acids is 2. The van der Waals surface area contributed by atoms with Gasteiger partial charge in [0, 0.05) is 48.3 Å². The van der Waals surface area contributed by atoms with E-state index in [2.05, 4.69) is 49.1 Å². The monoisotopic (exact) mass is 1020 g/mol. The largest absolute Gasteiger partial charge is 0.481 e. The molecule has 6 aromatic rings. The summed E-state index contributed by atoms with van der Waals surface area (Å²) in [5.74, 6) is 1.89. The molecule has 2 aliphatic heterocycles. The Hall–Kier alpha value is -7.63. The molecule has 6 heterocycles. The molecule has 0 spiro atoms. The summed E-state index contributed by atoms with van der Waals surface area (Å²) >= 11 is 7.22. The van der Waals surface area contributed by atoms with Crippen LogP contribution in [-0.4, -0.2) is 94.3 Å². The number of alkyl halides is 3. The van der Waals surface area contributed by atoms with E-state index < -0.39 is 57.2 Å². The lowest BCUT2D eigenvalue weighted by atomic mass is 9.92. The molecule has 4 aromatic heterocycles. The Morgan fingerprint density at radius 2 is 1.77 bits per heavy atom. The van der Waals surface area contributed by atoms with Crippen molar-refractivity contribution in [3.63, 3.8) is 0 Å². The molecule has 0 aliphatic carbocycles. The lowest BCUT2D eigenvalue weighted by Crippen LogP contribution is -2.39. The van der Waals surface area contributed by atoms with Gasteiger partial charge in [-0.1, -0.05) is 31.4 Å². The molecule has 0 bridgehead atoms. The molecule has 3 N–H and O–H groups in total. The number of fused-ring (bicyclic) bond motifs is 3. The minimum atomic E-state index is -4.99. The molecule has 69 heavy (non-hydrogen) atoms. The van der Waals surface area contributed by atoms with Gasteiger partial charge in [-0.25, -0.2) is 28.7 Å². The molecule has 0 fully saturated rings. The molecule has 0 saturated carbocycles. The van der Waals surface area contributed by atoms with Crippen LogP contribution in [-0.2, 0) is 38.8 Å². The Bertz CT molecular complexity index is 3140. The Labute approximate surface area is 398 Å². The average molecular weight is 1020 g/mol. The van der Waals surface area contributed by atoms with Crippen LogP contribution in [0.2, 0.25) is 5.02 Å². The predicted octanol–water partition coefficient (Wildman–Crippen LogP) is 6.03. The van der Waals surface area contributed by atoms with Crippen LogP contribution in [0, 0.1) is 23.6 Å². The van der Waals surface area contributed by atoms with Gasteiger partial charge in [-0.2, -0.15) is 35.9 Å². The fourth-order valence-corrected chi connectivity index (χ4v) is 8.44. The van der Waals surface area contributed by atoms with Crippen molar-refractivity contribution in [1.82, 2.24) is 33.6 Å². The SMILES string of the molecule is C#CCN1C(=O)COc2cc(F)c(/N=c3\snc4n3CC(C)(C)C4)cc21.COc1cc(OC)nc(NC(=O)NS(=O)(=O)c2ncccc2C(F)(F)F)n1.O=C(O)COc1ccc(Cl)c2cccnc12. The summed E-state index contributed by atoms with van der Waals surface area (Å²) in [6, 6.07) is 10.9. The number of terminal acetylenes is 1. The fraction of sp³-hybridized carbons (Fsp3) is 0.262. The highest BCUT2D eigenvalue weighted by Crippen LogP contribution is 2.38. The number of anilines is 2. The predicted molar refractivity (Wildman–Crippen MR) is 239 cm³/mol. The summed E-state index contributed by atoms with van der Waals surface area (Å²) in [4.78, 5) is 55.6. The first kappa shape index (κ1) is 50.8. The van der Waals surface area contributed by atoms with Gasteiger partial charge in [-0.3, -0.25) is 20.0 Å². The molecule has 3 amide bonds. The smallest absolute Gasteiger partial charge is 0.419 e. The molecule has 27 heteroatoms. The van der Waals surface area contributed by atoms with E-state index >= 15 is 0 Å². The average Bonchev–Trinajstić information content (AvgIpc) is 3.81. The van der Waals surface area contributed by atoms with Crippen LogP contribution < -0.4 is 38.7 Å². The highest BCUT2D eigenvalue weighted by Gasteiger charge is 2.39. The number of halogens is 5. The quantitative estimate of drug-likeness (QED) is 0.105. The van der Waals surface area contributed by atoms with Crippen molar-refractivity contribution in [2.24, 2.45) is 10.4 Å². The van der Waals surface area contributed by atoms with E-state index in [9.17, 15) is 40.4 Å². The molecule has 0 saturated heterocycles. The highest BCUT2D eigenvalue weighted by molar-refractivity contribution is 7.90. The molecule has 8 rings (SSSR count). The molecule has 0 radical (unpaired) electrons. The molecular weight excluding hydrogens is 980 g/mol. The number of hydrogen-bond donors (Lipinski definition) is 3. The zero-order valence-electron chi connectivity index (χ0n) is 36.4. The molecule has 362 valence electrons. The van der Waals surface area contributed by atoms with Crippen molar-refractivity contribution in [3.05, 3.63) is 94.0 Å². The van der Waals surface area contributed by atoms with Gasteiger partial charge >= 0.3 is 18.2 Å². The number of hydrogen-bond acceptors (Lipinski definition) is 16. The Balaban J connectivity index is 0.000000176. The maximum atomic E-state index is 14.5. The number of aliphatic carboxylic acids is 1. The van der Waals surface area contributed by atoms with Gasteiger partial charge in [-0.05, 0) is 47.9 Å². The third-order valence-electron chi connectivity index (χ3n) is 9.35. The van der Waals surface area contributed by atoms with E-state index in [0.29, 0.717) is 38.6 Å². The lowest BCUT2D eigenvalue weighted by Gasteiger charge is -2.28. The van der Waals surface area contributed by atoms with Crippen molar-refractivity contribution in [2.75, 3.05) is 44.2 Å².